The van der Waals surface area contributed by atoms with Gasteiger partial charge in [0, 0.05) is 19.6 Å². The van der Waals surface area contributed by atoms with Crippen molar-refractivity contribution in [1.82, 2.24) is 9.80 Å². The smallest absolute Gasteiger partial charge is 0.0798 e. The van der Waals surface area contributed by atoms with Crippen molar-refractivity contribution in [3.8, 4) is 0 Å². The van der Waals surface area contributed by atoms with Gasteiger partial charge < -0.3 is 14.9 Å². The van der Waals surface area contributed by atoms with Crippen LogP contribution in [0, 0.1) is 0 Å². The van der Waals surface area contributed by atoms with Crippen LogP contribution in [0.3, 0.4) is 0 Å². The summed E-state index contributed by atoms with van der Waals surface area (Å²) in [5.41, 5.74) is -0.435. The van der Waals surface area contributed by atoms with E-state index in [1.165, 1.54) is 0 Å². The minimum absolute atomic E-state index is 0.435. The van der Waals surface area contributed by atoms with Crippen molar-refractivity contribution < 1.29 is 5.11 Å². The molecule has 0 radical (unpaired) electrons. The largest absolute Gasteiger partial charge is 0.388 e. The van der Waals surface area contributed by atoms with E-state index in [4.69, 9.17) is 0 Å². The van der Waals surface area contributed by atoms with E-state index in [9.17, 15) is 5.11 Å². The van der Waals surface area contributed by atoms with E-state index < -0.39 is 5.60 Å². The summed E-state index contributed by atoms with van der Waals surface area (Å²) in [5, 5.41) is 10.2. The van der Waals surface area contributed by atoms with Crippen molar-refractivity contribution in [2.75, 3.05) is 40.3 Å². The molecular formula is C10H22N2O. The second-order valence-corrected chi connectivity index (χ2v) is 4.40. The third kappa shape index (κ3) is 3.25. The van der Waals surface area contributed by atoms with Gasteiger partial charge in [-0.2, -0.15) is 0 Å². The molecule has 1 rings (SSSR count). The lowest BCUT2D eigenvalue weighted by molar-refractivity contribution is -0.0362. The van der Waals surface area contributed by atoms with Crippen LogP contribution in [-0.4, -0.2) is 60.8 Å². The van der Waals surface area contributed by atoms with Crippen molar-refractivity contribution in [3.05, 3.63) is 0 Å². The molecular weight excluding hydrogens is 164 g/mol. The van der Waals surface area contributed by atoms with Gasteiger partial charge in [0.15, 0.2) is 0 Å². The summed E-state index contributed by atoms with van der Waals surface area (Å²) in [6, 6.07) is 0. The fraction of sp³-hybridized carbons (Fsp3) is 1.00. The molecule has 3 nitrogen and oxygen atoms in total. The molecule has 1 fully saturated rings. The van der Waals surface area contributed by atoms with E-state index in [1.54, 1.807) is 0 Å². The first kappa shape index (κ1) is 11.0. The summed E-state index contributed by atoms with van der Waals surface area (Å²) in [4.78, 5) is 4.46. The normalized spacial score (nSPS) is 23.8. The molecule has 1 saturated heterocycles. The summed E-state index contributed by atoms with van der Waals surface area (Å²) >= 11 is 0. The Morgan fingerprint density at radius 1 is 1.31 bits per heavy atom. The second kappa shape index (κ2) is 4.40. The zero-order chi connectivity index (χ0) is 9.90. The molecule has 78 valence electrons. The number of nitrogens with zero attached hydrogens (tertiary/aromatic N) is 2. The Morgan fingerprint density at radius 3 is 2.23 bits per heavy atom. The van der Waals surface area contributed by atoms with Crippen LogP contribution in [-0.2, 0) is 0 Å². The zero-order valence-corrected chi connectivity index (χ0v) is 9.08. The molecule has 0 unspecified atom stereocenters. The first-order valence-electron chi connectivity index (χ1n) is 5.15. The Hall–Kier alpha value is -0.120. The van der Waals surface area contributed by atoms with Crippen molar-refractivity contribution >= 4 is 0 Å². The number of hydrogen-bond donors (Lipinski definition) is 1. The first-order valence-corrected chi connectivity index (χ1v) is 5.15. The van der Waals surface area contributed by atoms with Crippen LogP contribution >= 0.6 is 0 Å². The van der Waals surface area contributed by atoms with Gasteiger partial charge in [0.2, 0.25) is 0 Å². The van der Waals surface area contributed by atoms with Crippen molar-refractivity contribution in [1.29, 1.82) is 0 Å². The molecule has 0 aliphatic carbocycles. The zero-order valence-electron chi connectivity index (χ0n) is 9.08. The van der Waals surface area contributed by atoms with E-state index in [0.29, 0.717) is 0 Å². The average molecular weight is 186 g/mol. The second-order valence-electron chi connectivity index (χ2n) is 4.40. The molecule has 0 saturated carbocycles. The van der Waals surface area contributed by atoms with Crippen LogP contribution in [0.4, 0.5) is 0 Å². The SMILES string of the molecule is CCN1CCC(O)(CN(C)C)CC1. The van der Waals surface area contributed by atoms with Gasteiger partial charge in [-0.3, -0.25) is 0 Å². The van der Waals surface area contributed by atoms with Gasteiger partial charge in [-0.25, -0.2) is 0 Å². The Kier molecular flexibility index (Phi) is 3.71. The molecule has 0 aromatic carbocycles. The molecule has 3 heteroatoms. The summed E-state index contributed by atoms with van der Waals surface area (Å²) in [7, 11) is 4.04. The molecule has 1 aliphatic rings. The van der Waals surface area contributed by atoms with Crippen LogP contribution in [0.15, 0.2) is 0 Å². The van der Waals surface area contributed by atoms with Gasteiger partial charge in [0.25, 0.3) is 0 Å². The van der Waals surface area contributed by atoms with Gasteiger partial charge >= 0.3 is 0 Å². The third-order valence-electron chi connectivity index (χ3n) is 2.84. The molecule has 13 heavy (non-hydrogen) atoms. The Labute approximate surface area is 81.3 Å². The van der Waals surface area contributed by atoms with Gasteiger partial charge in [-0.1, -0.05) is 6.92 Å². The average Bonchev–Trinajstić information content (AvgIpc) is 2.04. The minimum Gasteiger partial charge on any atom is -0.388 e. The summed E-state index contributed by atoms with van der Waals surface area (Å²) in [5.74, 6) is 0. The summed E-state index contributed by atoms with van der Waals surface area (Å²) < 4.78 is 0. The quantitative estimate of drug-likeness (QED) is 0.691. The molecule has 0 aromatic rings. The standard InChI is InChI=1S/C10H22N2O/c1-4-12-7-5-10(13,6-8-12)9-11(2)3/h13H,4-9H2,1-3H3. The number of piperidine rings is 1. The summed E-state index contributed by atoms with van der Waals surface area (Å²) in [6.07, 6.45) is 1.83. The fourth-order valence-electron chi connectivity index (χ4n) is 2.03. The van der Waals surface area contributed by atoms with Crippen molar-refractivity contribution in [2.24, 2.45) is 0 Å². The Morgan fingerprint density at radius 2 is 1.85 bits per heavy atom. The van der Waals surface area contributed by atoms with Gasteiger partial charge in [-0.05, 0) is 33.5 Å². The van der Waals surface area contributed by atoms with Gasteiger partial charge in [0.1, 0.15) is 0 Å². The van der Waals surface area contributed by atoms with Crippen molar-refractivity contribution in [3.63, 3.8) is 0 Å². The summed E-state index contributed by atoms with van der Waals surface area (Å²) in [6.45, 7) is 6.17. The van der Waals surface area contributed by atoms with E-state index >= 15 is 0 Å². The topological polar surface area (TPSA) is 26.7 Å². The number of hydrogen-bond acceptors (Lipinski definition) is 3. The minimum atomic E-state index is -0.435. The van der Waals surface area contributed by atoms with Crippen LogP contribution in [0.1, 0.15) is 19.8 Å². The highest BCUT2D eigenvalue weighted by Gasteiger charge is 2.31. The van der Waals surface area contributed by atoms with Crippen LogP contribution < -0.4 is 0 Å². The maximum atomic E-state index is 10.2. The molecule has 0 aromatic heterocycles. The lowest BCUT2D eigenvalue weighted by Gasteiger charge is -2.39. The van der Waals surface area contributed by atoms with E-state index in [1.807, 2.05) is 14.1 Å². The monoisotopic (exact) mass is 186 g/mol. The van der Waals surface area contributed by atoms with Crippen LogP contribution in [0.2, 0.25) is 0 Å². The molecule has 0 atom stereocenters. The number of aliphatic hydroxyl groups is 1. The lowest BCUT2D eigenvalue weighted by Crippen LogP contribution is -2.49. The van der Waals surface area contributed by atoms with Gasteiger partial charge in [-0.15, -0.1) is 0 Å². The van der Waals surface area contributed by atoms with Gasteiger partial charge in [0.05, 0.1) is 5.60 Å². The van der Waals surface area contributed by atoms with E-state index in [2.05, 4.69) is 16.7 Å². The third-order valence-corrected chi connectivity index (χ3v) is 2.84. The Bertz CT molecular complexity index is 151. The molecule has 1 aliphatic heterocycles. The highest BCUT2D eigenvalue weighted by atomic mass is 16.3. The lowest BCUT2D eigenvalue weighted by atomic mass is 9.91. The maximum absolute atomic E-state index is 10.2. The number of rotatable bonds is 3. The first-order chi connectivity index (χ1) is 6.06. The Balaban J connectivity index is 2.37. The van der Waals surface area contributed by atoms with Crippen LogP contribution in [0.25, 0.3) is 0 Å². The van der Waals surface area contributed by atoms with E-state index in [0.717, 1.165) is 39.0 Å². The van der Waals surface area contributed by atoms with E-state index in [-0.39, 0.29) is 0 Å². The highest BCUT2D eigenvalue weighted by Crippen LogP contribution is 2.22. The fourth-order valence-corrected chi connectivity index (χ4v) is 2.03. The molecule has 1 heterocycles. The number of likely N-dealkylation sites (tertiary alicyclic amines) is 1. The predicted molar refractivity (Wildman–Crippen MR) is 54.9 cm³/mol. The molecule has 1 N–H and O–H groups in total. The highest BCUT2D eigenvalue weighted by molar-refractivity contribution is 4.87. The van der Waals surface area contributed by atoms with Crippen LogP contribution in [0.5, 0.6) is 0 Å². The predicted octanol–water partition coefficient (Wildman–Crippen LogP) is 0.395. The molecule has 0 amide bonds. The van der Waals surface area contributed by atoms with Crippen molar-refractivity contribution in [2.45, 2.75) is 25.4 Å². The molecule has 0 spiro atoms. The number of likely N-dealkylation sites (N-methyl/N-ethyl adjacent to an activating group) is 1. The maximum Gasteiger partial charge on any atom is 0.0798 e. The molecule has 0 bridgehead atoms.